The van der Waals surface area contributed by atoms with Crippen LogP contribution in [0.3, 0.4) is 0 Å². The van der Waals surface area contributed by atoms with Crippen molar-refractivity contribution in [3.63, 3.8) is 0 Å². The molecule has 1 aromatic rings. The van der Waals surface area contributed by atoms with Gasteiger partial charge in [0.2, 0.25) is 0 Å². The summed E-state index contributed by atoms with van der Waals surface area (Å²) in [4.78, 5) is 0. The van der Waals surface area contributed by atoms with Gasteiger partial charge in [-0.3, -0.25) is 0 Å². The highest BCUT2D eigenvalue weighted by Crippen LogP contribution is 2.27. The average molecular weight is 246 g/mol. The van der Waals surface area contributed by atoms with E-state index in [1.165, 1.54) is 0 Å². The standard InChI is InChI=1S/C14H18N2O2/c1-9(10(2)15)7-12(16)11-5-6-13(17-3)14(8-11)18-4/h5-8,15-16H,1-4H3/b9-7-,15-10?,16-12?. The van der Waals surface area contributed by atoms with Crippen molar-refractivity contribution >= 4 is 11.4 Å². The first kappa shape index (κ1) is 14.0. The van der Waals surface area contributed by atoms with E-state index in [-0.39, 0.29) is 0 Å². The monoisotopic (exact) mass is 246 g/mol. The maximum absolute atomic E-state index is 7.98. The van der Waals surface area contributed by atoms with Gasteiger partial charge in [0.05, 0.1) is 19.9 Å². The van der Waals surface area contributed by atoms with Gasteiger partial charge in [0, 0.05) is 11.3 Å². The maximum Gasteiger partial charge on any atom is 0.161 e. The van der Waals surface area contributed by atoms with Crippen molar-refractivity contribution in [3.8, 4) is 11.5 Å². The third-order valence-electron chi connectivity index (χ3n) is 2.65. The van der Waals surface area contributed by atoms with Gasteiger partial charge in [-0.2, -0.15) is 0 Å². The third kappa shape index (κ3) is 3.20. The number of benzene rings is 1. The summed E-state index contributed by atoms with van der Waals surface area (Å²) in [6.07, 6.45) is 1.67. The van der Waals surface area contributed by atoms with Crippen molar-refractivity contribution in [2.75, 3.05) is 14.2 Å². The summed E-state index contributed by atoms with van der Waals surface area (Å²) in [6.45, 7) is 3.52. The second kappa shape index (κ2) is 6.00. The van der Waals surface area contributed by atoms with Crippen LogP contribution in [0.5, 0.6) is 11.5 Å². The van der Waals surface area contributed by atoms with Crippen LogP contribution in [0.2, 0.25) is 0 Å². The van der Waals surface area contributed by atoms with Gasteiger partial charge in [-0.05, 0) is 43.7 Å². The van der Waals surface area contributed by atoms with E-state index in [9.17, 15) is 0 Å². The lowest BCUT2D eigenvalue weighted by molar-refractivity contribution is 0.355. The number of rotatable bonds is 5. The number of methoxy groups -OCH3 is 2. The normalized spacial score (nSPS) is 11.0. The highest BCUT2D eigenvalue weighted by Gasteiger charge is 2.07. The quantitative estimate of drug-likeness (QED) is 0.784. The Morgan fingerprint density at radius 2 is 1.67 bits per heavy atom. The molecule has 0 aliphatic heterocycles. The lowest BCUT2D eigenvalue weighted by atomic mass is 10.1. The second-order valence-corrected chi connectivity index (χ2v) is 3.94. The Morgan fingerprint density at radius 1 is 1.06 bits per heavy atom. The predicted molar refractivity (Wildman–Crippen MR) is 73.5 cm³/mol. The molecule has 4 heteroatoms. The summed E-state index contributed by atoms with van der Waals surface area (Å²) < 4.78 is 10.3. The van der Waals surface area contributed by atoms with Gasteiger partial charge in [0.15, 0.2) is 11.5 Å². The molecule has 0 aliphatic carbocycles. The average Bonchev–Trinajstić information content (AvgIpc) is 2.37. The molecule has 4 nitrogen and oxygen atoms in total. The van der Waals surface area contributed by atoms with Gasteiger partial charge in [0.1, 0.15) is 0 Å². The summed E-state index contributed by atoms with van der Waals surface area (Å²) in [6, 6.07) is 5.32. The minimum atomic E-state index is 0.347. The lowest BCUT2D eigenvalue weighted by Crippen LogP contribution is -2.00. The van der Waals surface area contributed by atoms with Crippen molar-refractivity contribution in [1.82, 2.24) is 0 Å². The van der Waals surface area contributed by atoms with E-state index in [1.807, 2.05) is 6.92 Å². The van der Waals surface area contributed by atoms with Crippen molar-refractivity contribution in [1.29, 1.82) is 10.8 Å². The fraction of sp³-hybridized carbons (Fsp3) is 0.286. The molecule has 2 N–H and O–H groups in total. The molecule has 0 saturated heterocycles. The number of hydrogen-bond donors (Lipinski definition) is 2. The van der Waals surface area contributed by atoms with Crippen molar-refractivity contribution in [2.45, 2.75) is 13.8 Å². The highest BCUT2D eigenvalue weighted by molar-refractivity contribution is 6.11. The van der Waals surface area contributed by atoms with E-state index in [2.05, 4.69) is 0 Å². The lowest BCUT2D eigenvalue weighted by Gasteiger charge is -2.09. The summed E-state index contributed by atoms with van der Waals surface area (Å²) in [5.41, 5.74) is 2.31. The number of allylic oxidation sites excluding steroid dienone is 2. The molecule has 0 unspecified atom stereocenters. The molecule has 18 heavy (non-hydrogen) atoms. The molecule has 0 bridgehead atoms. The number of hydrogen-bond acceptors (Lipinski definition) is 4. The SMILES string of the molecule is COc1ccc(C(=N)/C=C(/C)C(C)=N)cc1OC. The van der Waals surface area contributed by atoms with Gasteiger partial charge < -0.3 is 20.3 Å². The molecule has 0 aliphatic rings. The van der Waals surface area contributed by atoms with Gasteiger partial charge in [-0.25, -0.2) is 0 Å². The van der Waals surface area contributed by atoms with Gasteiger partial charge in [-0.1, -0.05) is 0 Å². The van der Waals surface area contributed by atoms with Crippen LogP contribution in [0.25, 0.3) is 0 Å². The Hall–Kier alpha value is -2.10. The Kier molecular flexibility index (Phi) is 4.66. The Morgan fingerprint density at radius 3 is 2.17 bits per heavy atom. The van der Waals surface area contributed by atoms with Crippen LogP contribution in [0.4, 0.5) is 0 Å². The van der Waals surface area contributed by atoms with Gasteiger partial charge in [-0.15, -0.1) is 0 Å². The topological polar surface area (TPSA) is 66.2 Å². The Labute approximate surface area is 107 Å². The fourth-order valence-corrected chi connectivity index (χ4v) is 1.41. The molecule has 0 heterocycles. The fourth-order valence-electron chi connectivity index (χ4n) is 1.41. The zero-order chi connectivity index (χ0) is 13.7. The second-order valence-electron chi connectivity index (χ2n) is 3.94. The van der Waals surface area contributed by atoms with Crippen LogP contribution in [0, 0.1) is 10.8 Å². The minimum Gasteiger partial charge on any atom is -0.493 e. The van der Waals surface area contributed by atoms with E-state index in [4.69, 9.17) is 20.3 Å². The van der Waals surface area contributed by atoms with Crippen LogP contribution < -0.4 is 9.47 Å². The number of ether oxygens (including phenoxy) is 2. The maximum atomic E-state index is 7.98. The molecule has 0 fully saturated rings. The summed E-state index contributed by atoms with van der Waals surface area (Å²) in [7, 11) is 3.14. The molecule has 1 aromatic carbocycles. The van der Waals surface area contributed by atoms with E-state index < -0.39 is 0 Å². The molecule has 0 amide bonds. The molecular formula is C14H18N2O2. The molecule has 96 valence electrons. The van der Waals surface area contributed by atoms with Crippen LogP contribution in [0.15, 0.2) is 29.8 Å². The van der Waals surface area contributed by atoms with Crippen LogP contribution in [-0.2, 0) is 0 Å². The van der Waals surface area contributed by atoms with Crippen LogP contribution >= 0.6 is 0 Å². The summed E-state index contributed by atoms with van der Waals surface area (Å²) in [5, 5.41) is 15.5. The van der Waals surface area contributed by atoms with E-state index in [0.717, 1.165) is 11.1 Å². The van der Waals surface area contributed by atoms with E-state index in [0.29, 0.717) is 22.9 Å². The third-order valence-corrected chi connectivity index (χ3v) is 2.65. The van der Waals surface area contributed by atoms with Crippen LogP contribution in [-0.4, -0.2) is 25.6 Å². The predicted octanol–water partition coefficient (Wildman–Crippen LogP) is 3.06. The summed E-state index contributed by atoms with van der Waals surface area (Å²) in [5.74, 6) is 1.23. The highest BCUT2D eigenvalue weighted by atomic mass is 16.5. The van der Waals surface area contributed by atoms with Gasteiger partial charge in [0.25, 0.3) is 0 Å². The molecule has 1 rings (SSSR count). The van der Waals surface area contributed by atoms with Crippen molar-refractivity contribution in [3.05, 3.63) is 35.4 Å². The zero-order valence-corrected chi connectivity index (χ0v) is 11.1. The van der Waals surface area contributed by atoms with E-state index in [1.54, 1.807) is 45.4 Å². The molecule has 0 aromatic heterocycles. The van der Waals surface area contributed by atoms with Crippen molar-refractivity contribution in [2.24, 2.45) is 0 Å². The first-order chi connectivity index (χ1) is 8.49. The minimum absolute atomic E-state index is 0.347. The summed E-state index contributed by atoms with van der Waals surface area (Å²) >= 11 is 0. The molecular weight excluding hydrogens is 228 g/mol. The Balaban J connectivity index is 3.08. The zero-order valence-electron chi connectivity index (χ0n) is 11.1. The van der Waals surface area contributed by atoms with Gasteiger partial charge >= 0.3 is 0 Å². The molecule has 0 radical (unpaired) electrons. The molecule has 0 saturated carbocycles. The first-order valence-electron chi connectivity index (χ1n) is 5.54. The molecule has 0 spiro atoms. The van der Waals surface area contributed by atoms with E-state index >= 15 is 0 Å². The Bertz CT molecular complexity index is 505. The van der Waals surface area contributed by atoms with Crippen molar-refractivity contribution < 1.29 is 9.47 Å². The number of nitrogens with one attached hydrogen (secondary N) is 2. The largest absolute Gasteiger partial charge is 0.493 e. The molecule has 0 atom stereocenters. The first-order valence-corrected chi connectivity index (χ1v) is 5.54. The smallest absolute Gasteiger partial charge is 0.161 e. The van der Waals surface area contributed by atoms with Crippen LogP contribution in [0.1, 0.15) is 19.4 Å².